The standard InChI is InChI=1S/C23H20N6O4S/c30-13-14-6-8-15(9-7-14)20-25-21(27-23(31)18-10-11-19(34-18)29(32)33)17-12-24-28(22(17)26-20)16-4-2-1-3-5-16/h6-13,16H,1-5H2,(H,25,26,27,31). The lowest BCUT2D eigenvalue weighted by molar-refractivity contribution is -0.380. The fourth-order valence-corrected chi connectivity index (χ4v) is 4.89. The molecule has 0 bridgehead atoms. The maximum absolute atomic E-state index is 12.9. The molecule has 0 radical (unpaired) electrons. The highest BCUT2D eigenvalue weighted by atomic mass is 32.1. The fraction of sp³-hybridized carbons (Fsp3) is 0.261. The summed E-state index contributed by atoms with van der Waals surface area (Å²) >= 11 is 0.798. The van der Waals surface area contributed by atoms with Crippen molar-refractivity contribution in [2.75, 3.05) is 5.32 Å². The molecule has 1 fully saturated rings. The molecule has 1 amide bonds. The molecule has 0 spiro atoms. The molecule has 172 valence electrons. The number of amides is 1. The molecule has 3 heterocycles. The maximum atomic E-state index is 12.9. The molecule has 3 aromatic heterocycles. The zero-order valence-electron chi connectivity index (χ0n) is 18.0. The zero-order chi connectivity index (χ0) is 23.7. The van der Waals surface area contributed by atoms with E-state index in [1.807, 2.05) is 4.68 Å². The van der Waals surface area contributed by atoms with E-state index in [0.29, 0.717) is 28.0 Å². The first kappa shape index (κ1) is 21.8. The van der Waals surface area contributed by atoms with Crippen molar-refractivity contribution >= 4 is 45.4 Å². The number of carbonyl (C=O) groups is 2. The molecule has 4 aromatic rings. The van der Waals surface area contributed by atoms with Crippen molar-refractivity contribution in [3.05, 3.63) is 63.1 Å². The number of thiophene rings is 1. The number of nitro groups is 1. The Morgan fingerprint density at radius 3 is 2.56 bits per heavy atom. The molecule has 1 aromatic carbocycles. The van der Waals surface area contributed by atoms with Gasteiger partial charge in [-0.15, -0.1) is 0 Å². The van der Waals surface area contributed by atoms with Gasteiger partial charge in [-0.05, 0) is 18.9 Å². The van der Waals surface area contributed by atoms with Crippen molar-refractivity contribution in [1.29, 1.82) is 0 Å². The van der Waals surface area contributed by atoms with Crippen LogP contribution in [-0.4, -0.2) is 36.9 Å². The smallest absolute Gasteiger partial charge is 0.305 e. The third kappa shape index (κ3) is 4.17. The Morgan fingerprint density at radius 1 is 1.12 bits per heavy atom. The first-order valence-electron chi connectivity index (χ1n) is 10.9. The summed E-state index contributed by atoms with van der Waals surface area (Å²) in [6.45, 7) is 0. The van der Waals surface area contributed by atoms with E-state index >= 15 is 0 Å². The summed E-state index contributed by atoms with van der Waals surface area (Å²) in [4.78, 5) is 43.9. The number of hydrogen-bond acceptors (Lipinski definition) is 8. The highest BCUT2D eigenvalue weighted by Crippen LogP contribution is 2.33. The van der Waals surface area contributed by atoms with Gasteiger partial charge in [-0.2, -0.15) is 5.10 Å². The molecule has 34 heavy (non-hydrogen) atoms. The molecular formula is C23H20N6O4S. The predicted octanol–water partition coefficient (Wildman–Crippen LogP) is 5.03. The predicted molar refractivity (Wildman–Crippen MR) is 127 cm³/mol. The van der Waals surface area contributed by atoms with Crippen LogP contribution in [0, 0.1) is 10.1 Å². The highest BCUT2D eigenvalue weighted by molar-refractivity contribution is 7.17. The molecule has 0 saturated heterocycles. The van der Waals surface area contributed by atoms with E-state index in [2.05, 4.69) is 15.4 Å². The van der Waals surface area contributed by atoms with Crippen molar-refractivity contribution in [3.63, 3.8) is 0 Å². The van der Waals surface area contributed by atoms with Gasteiger partial charge in [0.2, 0.25) is 0 Å². The number of anilines is 1. The molecule has 10 nitrogen and oxygen atoms in total. The molecule has 0 aliphatic heterocycles. The van der Waals surface area contributed by atoms with Crippen LogP contribution in [-0.2, 0) is 0 Å². The number of benzene rings is 1. The average molecular weight is 477 g/mol. The molecule has 11 heteroatoms. The van der Waals surface area contributed by atoms with Gasteiger partial charge in [-0.1, -0.05) is 54.9 Å². The van der Waals surface area contributed by atoms with Crippen LogP contribution < -0.4 is 5.32 Å². The Balaban J connectivity index is 1.58. The fourth-order valence-electron chi connectivity index (χ4n) is 4.17. The van der Waals surface area contributed by atoms with E-state index in [1.165, 1.54) is 18.6 Å². The summed E-state index contributed by atoms with van der Waals surface area (Å²) in [5, 5.41) is 18.9. The second-order valence-corrected chi connectivity index (χ2v) is 9.17. The van der Waals surface area contributed by atoms with Gasteiger partial charge < -0.3 is 5.32 Å². The minimum absolute atomic E-state index is 0.112. The Bertz CT molecular complexity index is 1390. The minimum atomic E-state index is -0.528. The second kappa shape index (κ2) is 9.10. The van der Waals surface area contributed by atoms with E-state index in [-0.39, 0.29) is 21.7 Å². The Kier molecular flexibility index (Phi) is 5.84. The normalized spacial score (nSPS) is 14.2. The molecule has 1 aliphatic carbocycles. The average Bonchev–Trinajstić information content (AvgIpc) is 3.53. The van der Waals surface area contributed by atoms with Gasteiger partial charge in [0.25, 0.3) is 5.91 Å². The van der Waals surface area contributed by atoms with Crippen LogP contribution in [0.5, 0.6) is 0 Å². The van der Waals surface area contributed by atoms with Crippen molar-refractivity contribution < 1.29 is 14.5 Å². The quantitative estimate of drug-likeness (QED) is 0.234. The Labute approximate surface area is 197 Å². The van der Waals surface area contributed by atoms with Gasteiger partial charge in [-0.25, -0.2) is 14.6 Å². The molecule has 0 atom stereocenters. The molecule has 5 rings (SSSR count). The van der Waals surface area contributed by atoms with Gasteiger partial charge in [0.05, 0.1) is 27.4 Å². The van der Waals surface area contributed by atoms with E-state index in [1.54, 1.807) is 30.5 Å². The van der Waals surface area contributed by atoms with Crippen molar-refractivity contribution in [3.8, 4) is 11.4 Å². The van der Waals surface area contributed by atoms with Crippen LogP contribution >= 0.6 is 11.3 Å². The van der Waals surface area contributed by atoms with Crippen LogP contribution in [0.4, 0.5) is 10.8 Å². The third-order valence-corrected chi connectivity index (χ3v) is 6.94. The maximum Gasteiger partial charge on any atom is 0.324 e. The lowest BCUT2D eigenvalue weighted by Crippen LogP contribution is -2.15. The number of rotatable bonds is 6. The SMILES string of the molecule is O=Cc1ccc(-c2nc(NC(=O)c3ccc([N+](=O)[O-])s3)c3cnn(C4CCCCC4)c3n2)cc1. The Morgan fingerprint density at radius 2 is 1.88 bits per heavy atom. The summed E-state index contributed by atoms with van der Waals surface area (Å²) in [7, 11) is 0. The van der Waals surface area contributed by atoms with Crippen LogP contribution in [0.2, 0.25) is 0 Å². The molecule has 0 unspecified atom stereocenters. The first-order chi connectivity index (χ1) is 16.5. The summed E-state index contributed by atoms with van der Waals surface area (Å²) in [5.41, 5.74) is 1.83. The van der Waals surface area contributed by atoms with Gasteiger partial charge in [0, 0.05) is 17.2 Å². The molecule has 1 N–H and O–H groups in total. The van der Waals surface area contributed by atoms with Crippen LogP contribution in [0.15, 0.2) is 42.6 Å². The summed E-state index contributed by atoms with van der Waals surface area (Å²) in [6.07, 6.45) is 7.87. The summed E-state index contributed by atoms with van der Waals surface area (Å²) in [6, 6.07) is 9.79. The lowest BCUT2D eigenvalue weighted by atomic mass is 9.96. The molecular weight excluding hydrogens is 456 g/mol. The van der Waals surface area contributed by atoms with E-state index < -0.39 is 10.8 Å². The lowest BCUT2D eigenvalue weighted by Gasteiger charge is -2.22. The van der Waals surface area contributed by atoms with Crippen LogP contribution in [0.3, 0.4) is 0 Å². The number of fused-ring (bicyclic) bond motifs is 1. The number of nitrogens with one attached hydrogen (secondary N) is 1. The zero-order valence-corrected chi connectivity index (χ0v) is 18.8. The van der Waals surface area contributed by atoms with Gasteiger partial charge >= 0.3 is 5.00 Å². The van der Waals surface area contributed by atoms with Crippen molar-refractivity contribution in [2.45, 2.75) is 38.1 Å². The van der Waals surface area contributed by atoms with E-state index in [4.69, 9.17) is 4.98 Å². The first-order valence-corrected chi connectivity index (χ1v) is 11.7. The Hall–Kier alpha value is -3.99. The summed E-state index contributed by atoms with van der Waals surface area (Å²) in [5.74, 6) is 0.170. The largest absolute Gasteiger partial charge is 0.324 e. The summed E-state index contributed by atoms with van der Waals surface area (Å²) < 4.78 is 1.91. The number of hydrogen-bond donors (Lipinski definition) is 1. The third-order valence-electron chi connectivity index (χ3n) is 5.91. The van der Waals surface area contributed by atoms with Crippen LogP contribution in [0.1, 0.15) is 58.2 Å². The highest BCUT2D eigenvalue weighted by Gasteiger charge is 2.23. The second-order valence-electron chi connectivity index (χ2n) is 8.10. The van der Waals surface area contributed by atoms with Gasteiger partial charge in [0.15, 0.2) is 11.5 Å². The molecule has 1 saturated carbocycles. The number of aldehydes is 1. The van der Waals surface area contributed by atoms with E-state index in [0.717, 1.165) is 43.3 Å². The number of nitrogens with zero attached hydrogens (tertiary/aromatic N) is 5. The van der Waals surface area contributed by atoms with E-state index in [9.17, 15) is 19.7 Å². The minimum Gasteiger partial charge on any atom is -0.305 e. The topological polar surface area (TPSA) is 133 Å². The monoisotopic (exact) mass is 476 g/mol. The van der Waals surface area contributed by atoms with Crippen molar-refractivity contribution in [1.82, 2.24) is 19.7 Å². The van der Waals surface area contributed by atoms with Crippen molar-refractivity contribution in [2.24, 2.45) is 0 Å². The number of carbonyl (C=O) groups excluding carboxylic acids is 2. The molecule has 1 aliphatic rings. The van der Waals surface area contributed by atoms with Gasteiger partial charge in [0.1, 0.15) is 12.1 Å². The number of aromatic nitrogens is 4. The van der Waals surface area contributed by atoms with Gasteiger partial charge in [-0.3, -0.25) is 19.7 Å². The van der Waals surface area contributed by atoms with Crippen LogP contribution in [0.25, 0.3) is 22.4 Å².